The van der Waals surface area contributed by atoms with Gasteiger partial charge in [0.1, 0.15) is 11.6 Å². The molecule has 1 atom stereocenters. The highest BCUT2D eigenvalue weighted by Crippen LogP contribution is 2.12. The fraction of sp³-hybridized carbons (Fsp3) is 0.375. The average molecular weight is 188 g/mol. The van der Waals surface area contributed by atoms with Crippen molar-refractivity contribution in [1.82, 2.24) is 4.98 Å². The summed E-state index contributed by atoms with van der Waals surface area (Å²) in [6, 6.07) is 0. The molecule has 13 heavy (non-hydrogen) atoms. The van der Waals surface area contributed by atoms with Crippen molar-refractivity contribution in [2.24, 2.45) is 5.73 Å². The van der Waals surface area contributed by atoms with E-state index in [1.807, 2.05) is 0 Å². The molecule has 0 spiro atoms. The first kappa shape index (κ1) is 10.0. The normalized spacial score (nSPS) is 12.9. The molecule has 0 fully saturated rings. The van der Waals surface area contributed by atoms with E-state index in [0.717, 1.165) is 12.4 Å². The smallest absolute Gasteiger partial charge is 0.147 e. The molecule has 0 aliphatic heterocycles. The predicted molar refractivity (Wildman–Crippen MR) is 42.9 cm³/mol. The van der Waals surface area contributed by atoms with Crippen LogP contribution < -0.4 is 5.73 Å². The Bertz CT molecular complexity index is 273. The number of aliphatic hydroxyl groups is 1. The maximum absolute atomic E-state index is 12.9. The molecule has 1 unspecified atom stereocenters. The number of hydrogen-bond donors (Lipinski definition) is 2. The van der Waals surface area contributed by atoms with Crippen molar-refractivity contribution in [2.75, 3.05) is 6.54 Å². The Morgan fingerprint density at radius 3 is 2.38 bits per heavy atom. The van der Waals surface area contributed by atoms with E-state index in [-0.39, 0.29) is 18.5 Å². The molecular formula is C8H10F2N2O. The fourth-order valence-corrected chi connectivity index (χ4v) is 0.952. The van der Waals surface area contributed by atoms with Crippen LogP contribution in [0.25, 0.3) is 0 Å². The van der Waals surface area contributed by atoms with Gasteiger partial charge in [-0.05, 0) is 0 Å². The highest BCUT2D eigenvalue weighted by atomic mass is 19.1. The Morgan fingerprint density at radius 2 is 1.92 bits per heavy atom. The summed E-state index contributed by atoms with van der Waals surface area (Å²) in [6.07, 6.45) is 0.756. The molecule has 3 nitrogen and oxygen atoms in total. The quantitative estimate of drug-likeness (QED) is 0.713. The van der Waals surface area contributed by atoms with Crippen molar-refractivity contribution in [3.63, 3.8) is 0 Å². The molecule has 0 saturated carbocycles. The lowest BCUT2D eigenvalue weighted by Gasteiger charge is -2.08. The molecule has 1 aromatic rings. The van der Waals surface area contributed by atoms with Gasteiger partial charge in [-0.3, -0.25) is 4.98 Å². The second-order valence-corrected chi connectivity index (χ2v) is 2.68. The van der Waals surface area contributed by atoms with Crippen molar-refractivity contribution in [3.8, 4) is 0 Å². The third-order valence-electron chi connectivity index (χ3n) is 1.66. The molecule has 1 rings (SSSR count). The summed E-state index contributed by atoms with van der Waals surface area (Å²) in [4.78, 5) is 3.31. The number of hydrogen-bond acceptors (Lipinski definition) is 3. The maximum Gasteiger partial charge on any atom is 0.147 e. The van der Waals surface area contributed by atoms with Crippen LogP contribution in [0.3, 0.4) is 0 Å². The van der Waals surface area contributed by atoms with Crippen LogP contribution >= 0.6 is 0 Å². The van der Waals surface area contributed by atoms with E-state index in [0.29, 0.717) is 0 Å². The molecule has 3 N–H and O–H groups in total. The molecular weight excluding hydrogens is 178 g/mol. The van der Waals surface area contributed by atoms with Crippen LogP contribution in [0.5, 0.6) is 0 Å². The minimum Gasteiger partial charge on any atom is -0.391 e. The number of aliphatic hydroxyl groups excluding tert-OH is 1. The summed E-state index contributed by atoms with van der Waals surface area (Å²) in [6.45, 7) is -0.0266. The molecule has 0 aromatic carbocycles. The number of rotatable bonds is 3. The zero-order valence-electron chi connectivity index (χ0n) is 6.87. The lowest BCUT2D eigenvalue weighted by molar-refractivity contribution is 0.180. The van der Waals surface area contributed by atoms with Gasteiger partial charge in [0, 0.05) is 18.5 Å². The Morgan fingerprint density at radius 1 is 1.38 bits per heavy atom. The minimum atomic E-state index is -0.925. The third-order valence-corrected chi connectivity index (χ3v) is 1.66. The Kier molecular flexibility index (Phi) is 3.27. The second-order valence-electron chi connectivity index (χ2n) is 2.68. The first-order chi connectivity index (χ1) is 6.15. The van der Waals surface area contributed by atoms with Crippen LogP contribution in [-0.2, 0) is 6.42 Å². The lowest BCUT2D eigenvalue weighted by atomic mass is 10.1. The van der Waals surface area contributed by atoms with Crippen LogP contribution in [0, 0.1) is 11.6 Å². The SMILES string of the molecule is NCC(O)Cc1c(F)cncc1F. The summed E-state index contributed by atoms with van der Waals surface area (Å²) in [5.74, 6) is -1.51. The van der Waals surface area contributed by atoms with E-state index in [9.17, 15) is 8.78 Å². The van der Waals surface area contributed by atoms with Crippen LogP contribution in [0.2, 0.25) is 0 Å². The number of halogens is 2. The lowest BCUT2D eigenvalue weighted by Crippen LogP contribution is -2.23. The predicted octanol–water partition coefficient (Wildman–Crippen LogP) is 0.222. The molecule has 1 aromatic heterocycles. The first-order valence-electron chi connectivity index (χ1n) is 3.81. The van der Waals surface area contributed by atoms with Gasteiger partial charge in [-0.1, -0.05) is 0 Å². The minimum absolute atomic E-state index is 0.0266. The molecule has 0 amide bonds. The summed E-state index contributed by atoms with van der Waals surface area (Å²) < 4.78 is 25.8. The van der Waals surface area contributed by atoms with Crippen molar-refractivity contribution >= 4 is 0 Å². The van der Waals surface area contributed by atoms with Gasteiger partial charge < -0.3 is 10.8 Å². The number of aromatic nitrogens is 1. The largest absolute Gasteiger partial charge is 0.391 e. The van der Waals surface area contributed by atoms with Crippen LogP contribution in [0.15, 0.2) is 12.4 Å². The van der Waals surface area contributed by atoms with Crippen molar-refractivity contribution in [3.05, 3.63) is 29.6 Å². The van der Waals surface area contributed by atoms with Crippen LogP contribution in [0.4, 0.5) is 8.78 Å². The molecule has 0 aliphatic carbocycles. The highest BCUT2D eigenvalue weighted by molar-refractivity contribution is 5.16. The number of nitrogens with zero attached hydrogens (tertiary/aromatic N) is 1. The van der Waals surface area contributed by atoms with Gasteiger partial charge in [-0.2, -0.15) is 0 Å². The van der Waals surface area contributed by atoms with Crippen molar-refractivity contribution in [1.29, 1.82) is 0 Å². The molecule has 1 heterocycles. The van der Waals surface area contributed by atoms with E-state index in [2.05, 4.69) is 4.98 Å². The van der Waals surface area contributed by atoms with Gasteiger partial charge in [0.2, 0.25) is 0 Å². The van der Waals surface area contributed by atoms with Gasteiger partial charge in [0.05, 0.1) is 18.5 Å². The molecule has 0 bridgehead atoms. The summed E-state index contributed by atoms with van der Waals surface area (Å²) >= 11 is 0. The fourth-order valence-electron chi connectivity index (χ4n) is 0.952. The molecule has 0 saturated heterocycles. The van der Waals surface area contributed by atoms with E-state index < -0.39 is 17.7 Å². The van der Waals surface area contributed by atoms with E-state index in [1.54, 1.807) is 0 Å². The number of pyridine rings is 1. The van der Waals surface area contributed by atoms with Crippen LogP contribution in [-0.4, -0.2) is 22.7 Å². The summed E-state index contributed by atoms with van der Waals surface area (Å²) in [7, 11) is 0. The summed E-state index contributed by atoms with van der Waals surface area (Å²) in [5.41, 5.74) is 4.94. The maximum atomic E-state index is 12.9. The first-order valence-corrected chi connectivity index (χ1v) is 3.81. The zero-order valence-corrected chi connectivity index (χ0v) is 6.87. The summed E-state index contributed by atoms with van der Waals surface area (Å²) in [5, 5.41) is 9.08. The third kappa shape index (κ3) is 2.43. The van der Waals surface area contributed by atoms with E-state index >= 15 is 0 Å². The van der Waals surface area contributed by atoms with Crippen molar-refractivity contribution in [2.45, 2.75) is 12.5 Å². The average Bonchev–Trinajstić information content (AvgIpc) is 2.11. The van der Waals surface area contributed by atoms with E-state index in [4.69, 9.17) is 10.8 Å². The molecule has 0 radical (unpaired) electrons. The Balaban J connectivity index is 2.87. The van der Waals surface area contributed by atoms with E-state index in [1.165, 1.54) is 0 Å². The Hall–Kier alpha value is -1.07. The van der Waals surface area contributed by atoms with Gasteiger partial charge in [-0.15, -0.1) is 0 Å². The zero-order chi connectivity index (χ0) is 9.84. The van der Waals surface area contributed by atoms with Crippen LogP contribution in [0.1, 0.15) is 5.56 Å². The standard InChI is InChI=1S/C8H10F2N2O/c9-7-3-12-4-8(10)6(7)1-5(13)2-11/h3-5,13H,1-2,11H2. The topological polar surface area (TPSA) is 59.1 Å². The molecule has 72 valence electrons. The Labute approximate surface area is 74.2 Å². The van der Waals surface area contributed by atoms with Gasteiger partial charge in [0.15, 0.2) is 0 Å². The van der Waals surface area contributed by atoms with Crippen molar-refractivity contribution < 1.29 is 13.9 Å². The monoisotopic (exact) mass is 188 g/mol. The van der Waals surface area contributed by atoms with Gasteiger partial charge in [0.25, 0.3) is 0 Å². The van der Waals surface area contributed by atoms with Gasteiger partial charge in [-0.25, -0.2) is 8.78 Å². The molecule has 5 heteroatoms. The van der Waals surface area contributed by atoms with Gasteiger partial charge >= 0.3 is 0 Å². The highest BCUT2D eigenvalue weighted by Gasteiger charge is 2.12. The molecule has 0 aliphatic rings. The second kappa shape index (κ2) is 4.25. The number of nitrogens with two attached hydrogens (primary N) is 1.